The van der Waals surface area contributed by atoms with Gasteiger partial charge in [0.15, 0.2) is 0 Å². The number of likely N-dealkylation sites (tertiary alicyclic amines) is 1. The minimum Gasteiger partial charge on any atom is -0.471 e. The van der Waals surface area contributed by atoms with Crippen LogP contribution in [-0.4, -0.2) is 45.8 Å². The van der Waals surface area contributed by atoms with Gasteiger partial charge in [0.25, 0.3) is 0 Å². The molecule has 0 aromatic carbocycles. The van der Waals surface area contributed by atoms with Gasteiger partial charge in [0.2, 0.25) is 5.88 Å². The molecule has 1 amide bonds. The predicted molar refractivity (Wildman–Crippen MR) is 78.3 cm³/mol. The highest BCUT2D eigenvalue weighted by Crippen LogP contribution is 2.19. The molecule has 6 heteroatoms. The van der Waals surface area contributed by atoms with Crippen molar-refractivity contribution in [3.63, 3.8) is 0 Å². The molecule has 2 rings (SSSR count). The van der Waals surface area contributed by atoms with Crippen LogP contribution < -0.4 is 4.74 Å². The molecule has 6 nitrogen and oxygen atoms in total. The van der Waals surface area contributed by atoms with Crippen LogP contribution in [0.2, 0.25) is 0 Å². The van der Waals surface area contributed by atoms with Crippen molar-refractivity contribution in [1.29, 1.82) is 0 Å². The molecule has 1 atom stereocenters. The van der Waals surface area contributed by atoms with E-state index in [0.717, 1.165) is 17.8 Å². The Morgan fingerprint density at radius 1 is 1.33 bits per heavy atom. The summed E-state index contributed by atoms with van der Waals surface area (Å²) in [6.07, 6.45) is 2.04. The first kappa shape index (κ1) is 15.5. The first-order chi connectivity index (χ1) is 9.74. The van der Waals surface area contributed by atoms with Gasteiger partial charge in [0.05, 0.1) is 24.1 Å². The number of amides is 1. The topological polar surface area (TPSA) is 64.5 Å². The molecule has 0 saturated carbocycles. The molecule has 1 aromatic heterocycles. The second-order valence-electron chi connectivity index (χ2n) is 6.33. The Morgan fingerprint density at radius 3 is 2.67 bits per heavy atom. The fourth-order valence-corrected chi connectivity index (χ4v) is 2.06. The van der Waals surface area contributed by atoms with Crippen LogP contribution in [0.1, 0.15) is 38.6 Å². The maximum Gasteiger partial charge on any atom is 0.410 e. The predicted octanol–water partition coefficient (Wildman–Crippen LogP) is 2.48. The van der Waals surface area contributed by atoms with Crippen molar-refractivity contribution >= 4 is 6.09 Å². The van der Waals surface area contributed by atoms with E-state index < -0.39 is 5.60 Å². The third kappa shape index (κ3) is 4.31. The van der Waals surface area contributed by atoms with Crippen molar-refractivity contribution < 1.29 is 14.3 Å². The summed E-state index contributed by atoms with van der Waals surface area (Å²) in [5.41, 5.74) is 1.27. The standard InChI is InChI=1S/C15H23N3O3/c1-10-11(2)17-13(8-16-10)20-12-6-7-18(9-12)14(19)21-15(3,4)5/h8,12H,6-7,9H2,1-5H3/t12-/m1/s1. The second-order valence-corrected chi connectivity index (χ2v) is 6.33. The number of aryl methyl sites for hydroxylation is 2. The SMILES string of the molecule is Cc1ncc(O[C@@H]2CCN(C(=O)OC(C)(C)C)C2)nc1C. The Hall–Kier alpha value is -1.85. The van der Waals surface area contributed by atoms with Crippen LogP contribution in [-0.2, 0) is 4.74 Å². The van der Waals surface area contributed by atoms with Crippen molar-refractivity contribution in [2.75, 3.05) is 13.1 Å². The van der Waals surface area contributed by atoms with E-state index in [1.165, 1.54) is 0 Å². The summed E-state index contributed by atoms with van der Waals surface area (Å²) in [4.78, 5) is 22.2. The number of rotatable bonds is 2. The van der Waals surface area contributed by atoms with Gasteiger partial charge in [-0.05, 0) is 34.6 Å². The Morgan fingerprint density at radius 2 is 2.05 bits per heavy atom. The van der Waals surface area contributed by atoms with Gasteiger partial charge < -0.3 is 14.4 Å². The van der Waals surface area contributed by atoms with Gasteiger partial charge in [0.1, 0.15) is 11.7 Å². The molecule has 1 fully saturated rings. The Labute approximate surface area is 125 Å². The summed E-state index contributed by atoms with van der Waals surface area (Å²) in [7, 11) is 0. The van der Waals surface area contributed by atoms with Crippen molar-refractivity contribution in [1.82, 2.24) is 14.9 Å². The Kier molecular flexibility index (Phi) is 4.34. The molecule has 0 aliphatic carbocycles. The normalized spacial score (nSPS) is 18.7. The van der Waals surface area contributed by atoms with E-state index in [-0.39, 0.29) is 12.2 Å². The quantitative estimate of drug-likeness (QED) is 0.838. The van der Waals surface area contributed by atoms with Gasteiger partial charge in [-0.1, -0.05) is 0 Å². The molecule has 21 heavy (non-hydrogen) atoms. The Balaban J connectivity index is 1.90. The average molecular weight is 293 g/mol. The van der Waals surface area contributed by atoms with Crippen LogP contribution in [0.3, 0.4) is 0 Å². The van der Waals surface area contributed by atoms with Crippen molar-refractivity contribution in [2.24, 2.45) is 0 Å². The fourth-order valence-electron chi connectivity index (χ4n) is 2.06. The molecule has 1 aromatic rings. The highest BCUT2D eigenvalue weighted by Gasteiger charge is 2.31. The zero-order valence-corrected chi connectivity index (χ0v) is 13.3. The molecule has 1 aliphatic rings. The van der Waals surface area contributed by atoms with Gasteiger partial charge >= 0.3 is 6.09 Å². The minimum atomic E-state index is -0.477. The average Bonchev–Trinajstić information content (AvgIpc) is 2.80. The number of ether oxygens (including phenoxy) is 2. The van der Waals surface area contributed by atoms with Crippen LogP contribution in [0, 0.1) is 13.8 Å². The Bertz CT molecular complexity index is 525. The molecule has 0 bridgehead atoms. The highest BCUT2D eigenvalue weighted by atomic mass is 16.6. The number of carbonyl (C=O) groups excluding carboxylic acids is 1. The minimum absolute atomic E-state index is 0.0612. The summed E-state index contributed by atoms with van der Waals surface area (Å²) in [5.74, 6) is 0.508. The summed E-state index contributed by atoms with van der Waals surface area (Å²) < 4.78 is 11.2. The van der Waals surface area contributed by atoms with Crippen molar-refractivity contribution in [2.45, 2.75) is 52.7 Å². The third-order valence-corrected chi connectivity index (χ3v) is 3.25. The maximum atomic E-state index is 12.0. The summed E-state index contributed by atoms with van der Waals surface area (Å²) in [6, 6.07) is 0. The van der Waals surface area contributed by atoms with Crippen LogP contribution in [0.4, 0.5) is 4.79 Å². The van der Waals surface area contributed by atoms with E-state index in [0.29, 0.717) is 19.0 Å². The van der Waals surface area contributed by atoms with E-state index in [9.17, 15) is 4.79 Å². The van der Waals surface area contributed by atoms with E-state index >= 15 is 0 Å². The zero-order chi connectivity index (χ0) is 15.6. The molecular weight excluding hydrogens is 270 g/mol. The van der Waals surface area contributed by atoms with Crippen LogP contribution >= 0.6 is 0 Å². The van der Waals surface area contributed by atoms with Crippen molar-refractivity contribution in [3.05, 3.63) is 17.6 Å². The lowest BCUT2D eigenvalue weighted by molar-refractivity contribution is 0.0275. The van der Waals surface area contributed by atoms with Crippen LogP contribution in [0.5, 0.6) is 5.88 Å². The zero-order valence-electron chi connectivity index (χ0n) is 13.3. The van der Waals surface area contributed by atoms with Gasteiger partial charge in [-0.15, -0.1) is 0 Å². The van der Waals surface area contributed by atoms with Gasteiger partial charge in [-0.2, -0.15) is 0 Å². The number of carbonyl (C=O) groups is 1. The third-order valence-electron chi connectivity index (χ3n) is 3.25. The molecule has 1 saturated heterocycles. The summed E-state index contributed by atoms with van der Waals surface area (Å²) in [6.45, 7) is 10.5. The number of nitrogens with zero attached hydrogens (tertiary/aromatic N) is 3. The maximum absolute atomic E-state index is 12.0. The van der Waals surface area contributed by atoms with Crippen LogP contribution in [0.15, 0.2) is 6.20 Å². The van der Waals surface area contributed by atoms with Crippen LogP contribution in [0.25, 0.3) is 0 Å². The van der Waals surface area contributed by atoms with Crippen molar-refractivity contribution in [3.8, 4) is 5.88 Å². The number of aromatic nitrogens is 2. The molecule has 0 N–H and O–H groups in total. The monoisotopic (exact) mass is 293 g/mol. The molecule has 2 heterocycles. The van der Waals surface area contributed by atoms with E-state index in [2.05, 4.69) is 9.97 Å². The molecule has 0 radical (unpaired) electrons. The first-order valence-corrected chi connectivity index (χ1v) is 7.19. The van der Waals surface area contributed by atoms with E-state index in [1.54, 1.807) is 11.1 Å². The van der Waals surface area contributed by atoms with Gasteiger partial charge in [-0.25, -0.2) is 9.78 Å². The number of hydrogen-bond acceptors (Lipinski definition) is 5. The van der Waals surface area contributed by atoms with Gasteiger partial charge in [0, 0.05) is 13.0 Å². The smallest absolute Gasteiger partial charge is 0.410 e. The lowest BCUT2D eigenvalue weighted by atomic mass is 10.2. The molecule has 0 spiro atoms. The van der Waals surface area contributed by atoms with Gasteiger partial charge in [-0.3, -0.25) is 4.98 Å². The first-order valence-electron chi connectivity index (χ1n) is 7.19. The van der Waals surface area contributed by atoms with E-state index in [1.807, 2.05) is 34.6 Å². The van der Waals surface area contributed by atoms with E-state index in [4.69, 9.17) is 9.47 Å². The fraction of sp³-hybridized carbons (Fsp3) is 0.667. The lowest BCUT2D eigenvalue weighted by Gasteiger charge is -2.24. The molecular formula is C15H23N3O3. The summed E-state index contributed by atoms with van der Waals surface area (Å²) in [5, 5.41) is 0. The number of hydrogen-bond donors (Lipinski definition) is 0. The molecule has 0 unspecified atom stereocenters. The summed E-state index contributed by atoms with van der Waals surface area (Å²) >= 11 is 0. The molecule has 116 valence electrons. The largest absolute Gasteiger partial charge is 0.471 e. The molecule has 1 aliphatic heterocycles. The lowest BCUT2D eigenvalue weighted by Crippen LogP contribution is -2.36. The second kappa shape index (κ2) is 5.87. The highest BCUT2D eigenvalue weighted by molar-refractivity contribution is 5.68.